The van der Waals surface area contributed by atoms with Crippen LogP contribution in [0.15, 0.2) is 72.9 Å². The first kappa shape index (κ1) is 22.3. The molecule has 0 saturated heterocycles. The van der Waals surface area contributed by atoms with Crippen molar-refractivity contribution in [3.63, 3.8) is 0 Å². The third kappa shape index (κ3) is 3.61. The fourth-order valence-corrected chi connectivity index (χ4v) is 5.23. The van der Waals surface area contributed by atoms with E-state index < -0.39 is 11.6 Å². The van der Waals surface area contributed by atoms with Crippen LogP contribution in [0, 0.1) is 0 Å². The summed E-state index contributed by atoms with van der Waals surface area (Å²) in [5.41, 5.74) is 6.26. The summed E-state index contributed by atoms with van der Waals surface area (Å²) in [5, 5.41) is 21.4. The van der Waals surface area contributed by atoms with E-state index in [1.807, 2.05) is 67.7 Å². The van der Waals surface area contributed by atoms with Crippen molar-refractivity contribution in [3.05, 3.63) is 83.6 Å². The second-order valence-corrected chi connectivity index (χ2v) is 9.46. The minimum Gasteiger partial charge on any atom is -0.465 e. The maximum Gasteiger partial charge on any atom is 0.405 e. The van der Waals surface area contributed by atoms with E-state index in [4.69, 9.17) is 16.6 Å². The molecule has 0 bridgehead atoms. The van der Waals surface area contributed by atoms with Gasteiger partial charge in [0.05, 0.1) is 16.9 Å². The molecule has 1 saturated carbocycles. The van der Waals surface area contributed by atoms with Crippen LogP contribution in [0.2, 0.25) is 5.15 Å². The molecule has 5 aromatic rings. The number of fused-ring (bicyclic) bond motifs is 1. The Morgan fingerprint density at radius 2 is 1.81 bits per heavy atom. The largest absolute Gasteiger partial charge is 0.465 e. The minimum atomic E-state index is -1.00. The summed E-state index contributed by atoms with van der Waals surface area (Å²) in [6.45, 7) is 0. The van der Waals surface area contributed by atoms with Crippen molar-refractivity contribution in [2.24, 2.45) is 7.05 Å². The molecule has 1 aliphatic carbocycles. The number of carboxylic acid groups (broad SMARTS) is 1. The lowest BCUT2D eigenvalue weighted by atomic mass is 9.72. The highest BCUT2D eigenvalue weighted by molar-refractivity contribution is 6.29. The number of aromatic nitrogens is 5. The van der Waals surface area contributed by atoms with Crippen molar-refractivity contribution in [1.82, 2.24) is 29.7 Å². The lowest BCUT2D eigenvalue weighted by Gasteiger charge is -2.42. The van der Waals surface area contributed by atoms with Crippen LogP contribution in [0.25, 0.3) is 39.4 Å². The molecule has 3 heterocycles. The van der Waals surface area contributed by atoms with Crippen LogP contribution in [-0.4, -0.2) is 35.6 Å². The lowest BCUT2D eigenvalue weighted by Crippen LogP contribution is -2.50. The lowest BCUT2D eigenvalue weighted by molar-refractivity contribution is 0.144. The summed E-state index contributed by atoms with van der Waals surface area (Å²) >= 11 is 6.50. The number of amides is 1. The molecule has 6 rings (SSSR count). The number of hydrogen-bond donors (Lipinski definition) is 2. The summed E-state index contributed by atoms with van der Waals surface area (Å²) in [6, 6.07) is 21.7. The van der Waals surface area contributed by atoms with Crippen LogP contribution in [0.1, 0.15) is 24.8 Å². The van der Waals surface area contributed by atoms with Crippen molar-refractivity contribution in [1.29, 1.82) is 0 Å². The molecular formula is C27H23ClN6O2. The third-order valence-electron chi connectivity index (χ3n) is 6.96. The number of hydrogen-bond acceptors (Lipinski definition) is 4. The second kappa shape index (κ2) is 8.49. The zero-order valence-electron chi connectivity index (χ0n) is 19.5. The van der Waals surface area contributed by atoms with Crippen molar-refractivity contribution >= 4 is 23.3 Å². The molecule has 0 aliphatic heterocycles. The highest BCUT2D eigenvalue weighted by atomic mass is 35.5. The highest BCUT2D eigenvalue weighted by Gasteiger charge is 2.40. The Balaban J connectivity index is 1.55. The number of benzene rings is 2. The van der Waals surface area contributed by atoms with Crippen LogP contribution in [0.5, 0.6) is 0 Å². The van der Waals surface area contributed by atoms with Gasteiger partial charge in [0.2, 0.25) is 0 Å². The van der Waals surface area contributed by atoms with Crippen molar-refractivity contribution in [3.8, 4) is 33.8 Å². The van der Waals surface area contributed by atoms with E-state index >= 15 is 0 Å². The zero-order chi connectivity index (χ0) is 24.9. The van der Waals surface area contributed by atoms with E-state index in [0.717, 1.165) is 58.6 Å². The van der Waals surface area contributed by atoms with Gasteiger partial charge < -0.3 is 10.4 Å². The Morgan fingerprint density at radius 3 is 2.42 bits per heavy atom. The van der Waals surface area contributed by atoms with Gasteiger partial charge in [-0.3, -0.25) is 4.68 Å². The van der Waals surface area contributed by atoms with Crippen LogP contribution < -0.4 is 5.32 Å². The van der Waals surface area contributed by atoms with Gasteiger partial charge in [0.1, 0.15) is 5.69 Å². The summed E-state index contributed by atoms with van der Waals surface area (Å²) in [7, 11) is 1.88. The van der Waals surface area contributed by atoms with Crippen LogP contribution in [0.4, 0.5) is 4.79 Å². The normalized spacial score (nSPS) is 14.5. The van der Waals surface area contributed by atoms with Gasteiger partial charge in [-0.05, 0) is 37.0 Å². The average molecular weight is 499 g/mol. The number of aryl methyl sites for hydroxylation is 1. The number of carbonyl (C=O) groups is 1. The van der Waals surface area contributed by atoms with Crippen LogP contribution in [-0.2, 0) is 12.6 Å². The smallest absolute Gasteiger partial charge is 0.405 e. The van der Waals surface area contributed by atoms with Gasteiger partial charge in [0, 0.05) is 29.9 Å². The van der Waals surface area contributed by atoms with Crippen molar-refractivity contribution in [2.45, 2.75) is 24.8 Å². The van der Waals surface area contributed by atoms with Crippen LogP contribution >= 0.6 is 11.6 Å². The number of halogens is 1. The summed E-state index contributed by atoms with van der Waals surface area (Å²) in [5.74, 6) is 0. The number of imidazole rings is 1. The maximum absolute atomic E-state index is 11.4. The third-order valence-corrected chi connectivity index (χ3v) is 7.15. The van der Waals surface area contributed by atoms with Crippen LogP contribution in [0.3, 0.4) is 0 Å². The van der Waals surface area contributed by atoms with Crippen molar-refractivity contribution in [2.75, 3.05) is 0 Å². The minimum absolute atomic E-state index is 0.349. The topological polar surface area (TPSA) is 97.3 Å². The molecule has 0 unspecified atom stereocenters. The predicted molar refractivity (Wildman–Crippen MR) is 138 cm³/mol. The second-order valence-electron chi connectivity index (χ2n) is 9.07. The van der Waals surface area contributed by atoms with Gasteiger partial charge in [0.25, 0.3) is 0 Å². The molecule has 0 spiro atoms. The molecule has 1 fully saturated rings. The molecule has 9 heteroatoms. The molecule has 8 nitrogen and oxygen atoms in total. The summed E-state index contributed by atoms with van der Waals surface area (Å²) in [4.78, 5) is 16.5. The standard InChI is InChI=1S/C27H23ClN6O2/c1-33-21(12-15-29-33)20-16-22(28)32-34-24(18-6-3-2-4-7-18)23(30-25(20)34)17-8-10-19(11-9-17)27(13-5-14-27)31-26(35)36/h2-4,6-12,15-16,31H,5,13-14H2,1H3,(H,35,36). The SMILES string of the molecule is Cn1nccc1-c1cc(Cl)nn2c(-c3ccccc3)c(-c3ccc(C4(NC(=O)O)CCC4)cc3)nc12. The molecule has 3 aromatic heterocycles. The Morgan fingerprint density at radius 1 is 1.06 bits per heavy atom. The molecule has 1 amide bonds. The number of rotatable bonds is 5. The maximum atomic E-state index is 11.4. The van der Waals surface area contributed by atoms with E-state index in [2.05, 4.69) is 15.5 Å². The summed E-state index contributed by atoms with van der Waals surface area (Å²) < 4.78 is 3.58. The van der Waals surface area contributed by atoms with Gasteiger partial charge in [-0.15, -0.1) is 0 Å². The van der Waals surface area contributed by atoms with Gasteiger partial charge in [-0.1, -0.05) is 66.2 Å². The first-order valence-electron chi connectivity index (χ1n) is 11.7. The Hall–Kier alpha value is -4.17. The van der Waals surface area contributed by atoms with E-state index in [1.54, 1.807) is 21.5 Å². The fourth-order valence-electron chi connectivity index (χ4n) is 5.04. The zero-order valence-corrected chi connectivity index (χ0v) is 20.3. The first-order valence-corrected chi connectivity index (χ1v) is 12.1. The fraction of sp³-hybridized carbons (Fsp3) is 0.185. The predicted octanol–water partition coefficient (Wildman–Crippen LogP) is 5.76. The quantitative estimate of drug-likeness (QED) is 0.321. The monoisotopic (exact) mass is 498 g/mol. The Kier molecular flexibility index (Phi) is 5.26. The van der Waals surface area contributed by atoms with Gasteiger partial charge in [0.15, 0.2) is 10.8 Å². The Labute approximate surface area is 212 Å². The Bertz CT molecular complexity index is 1590. The van der Waals surface area contributed by atoms with E-state index in [9.17, 15) is 9.90 Å². The molecule has 0 radical (unpaired) electrons. The molecule has 180 valence electrons. The summed E-state index contributed by atoms with van der Waals surface area (Å²) in [6.07, 6.45) is 3.31. The molecular weight excluding hydrogens is 476 g/mol. The molecule has 2 aromatic carbocycles. The van der Waals surface area contributed by atoms with Gasteiger partial charge >= 0.3 is 6.09 Å². The van der Waals surface area contributed by atoms with Gasteiger partial charge in [-0.2, -0.15) is 10.2 Å². The van der Waals surface area contributed by atoms with E-state index in [1.165, 1.54) is 0 Å². The first-order chi connectivity index (χ1) is 17.4. The molecule has 1 aliphatic rings. The highest BCUT2D eigenvalue weighted by Crippen LogP contribution is 2.42. The number of nitrogens with zero attached hydrogens (tertiary/aromatic N) is 5. The van der Waals surface area contributed by atoms with E-state index in [-0.39, 0.29) is 0 Å². The average Bonchev–Trinajstić information content (AvgIpc) is 3.45. The molecule has 36 heavy (non-hydrogen) atoms. The van der Waals surface area contributed by atoms with Gasteiger partial charge in [-0.25, -0.2) is 14.3 Å². The molecule has 0 atom stereocenters. The number of nitrogens with one attached hydrogen (secondary N) is 1. The van der Waals surface area contributed by atoms with Crippen molar-refractivity contribution < 1.29 is 9.90 Å². The molecule has 2 N–H and O–H groups in total. The van der Waals surface area contributed by atoms with E-state index in [0.29, 0.717) is 10.8 Å².